The molecule has 1 unspecified atom stereocenters. The molecule has 0 aromatic carbocycles. The maximum atomic E-state index is 11.1. The predicted octanol–water partition coefficient (Wildman–Crippen LogP) is 0.551. The molecule has 1 N–H and O–H groups in total. The quantitative estimate of drug-likeness (QED) is 0.253. The Bertz CT molecular complexity index is 480. The number of carbonyl (C=O) groups excluding carboxylic acids is 2. The minimum atomic E-state index is -3.05. The van der Waals surface area contributed by atoms with Gasteiger partial charge >= 0.3 is 20.2 Å². The molecular weight excluding hydrogens is 309 g/mol. The molecule has 1 fully saturated rings. The van der Waals surface area contributed by atoms with Crippen LogP contribution in [0.2, 0.25) is 0 Å². The molecule has 0 aromatic rings. The van der Waals surface area contributed by atoms with Gasteiger partial charge in [-0.25, -0.2) is 0 Å². The fourth-order valence-electron chi connectivity index (χ4n) is 1.75. The van der Waals surface area contributed by atoms with Gasteiger partial charge < -0.3 is 14.2 Å². The normalized spacial score (nSPS) is 29.0. The van der Waals surface area contributed by atoms with Crippen LogP contribution < -0.4 is 0 Å². The van der Waals surface area contributed by atoms with Gasteiger partial charge in [0, 0.05) is 23.3 Å². The topological polar surface area (TPSA) is 157 Å². The zero-order chi connectivity index (χ0) is 16.0. The van der Waals surface area contributed by atoms with Crippen molar-refractivity contribution in [2.45, 2.75) is 38.4 Å². The highest BCUT2D eigenvalue weighted by molar-refractivity contribution is 7.32. The number of azide groups is 1. The lowest BCUT2D eigenvalue weighted by Gasteiger charge is -2.36. The summed E-state index contributed by atoms with van der Waals surface area (Å²) in [6.45, 7) is 1.95. The molecule has 21 heavy (non-hydrogen) atoms. The molecule has 0 aromatic heterocycles. The summed E-state index contributed by atoms with van der Waals surface area (Å²) >= 11 is 0. The van der Waals surface area contributed by atoms with Crippen LogP contribution in [0.5, 0.6) is 0 Å². The zero-order valence-electron chi connectivity index (χ0n) is 11.1. The highest BCUT2D eigenvalue weighted by Crippen LogP contribution is 2.30. The molecule has 11 nitrogen and oxygen atoms in total. The Labute approximate surface area is 119 Å². The minimum Gasteiger partial charge on any atom is -0.458 e. The summed E-state index contributed by atoms with van der Waals surface area (Å²) in [6.07, 6.45) is -3.98. The van der Waals surface area contributed by atoms with E-state index >= 15 is 0 Å². The molecule has 5 atom stereocenters. The smallest absolute Gasteiger partial charge is 0.458 e. The van der Waals surface area contributed by atoms with Gasteiger partial charge in [-0.2, -0.15) is 0 Å². The number of esters is 2. The fraction of sp³-hybridized carbons (Fsp3) is 0.778. The molecule has 0 saturated carbocycles. The summed E-state index contributed by atoms with van der Waals surface area (Å²) < 4.78 is 30.3. The third kappa shape index (κ3) is 5.25. The second-order valence-electron chi connectivity index (χ2n) is 3.97. The molecule has 1 aliphatic rings. The first kappa shape index (κ1) is 17.3. The van der Waals surface area contributed by atoms with Gasteiger partial charge in [-0.05, 0) is 5.53 Å². The van der Waals surface area contributed by atoms with Gasteiger partial charge in [0.15, 0.2) is 12.2 Å². The molecule has 1 heterocycles. The van der Waals surface area contributed by atoms with Gasteiger partial charge in [0.05, 0.1) is 6.61 Å². The average Bonchev–Trinajstić information content (AvgIpc) is 2.35. The summed E-state index contributed by atoms with van der Waals surface area (Å²) in [5, 5.41) is 3.39. The molecule has 0 spiro atoms. The molecule has 1 saturated heterocycles. The maximum Gasteiger partial charge on any atom is 0.697 e. The van der Waals surface area contributed by atoms with Crippen molar-refractivity contribution < 1.29 is 37.8 Å². The van der Waals surface area contributed by atoms with Crippen LogP contribution in [0.4, 0.5) is 0 Å². The Morgan fingerprint density at radius 2 is 1.90 bits per heavy atom. The maximum absolute atomic E-state index is 11.1. The van der Waals surface area contributed by atoms with Crippen LogP contribution in [0, 0.1) is 0 Å². The number of carbonyl (C=O) groups is 2. The molecule has 0 radical (unpaired) electrons. The van der Waals surface area contributed by atoms with E-state index in [0.29, 0.717) is 0 Å². The van der Waals surface area contributed by atoms with Crippen molar-refractivity contribution in [2.24, 2.45) is 5.11 Å². The van der Waals surface area contributed by atoms with E-state index in [9.17, 15) is 14.2 Å². The van der Waals surface area contributed by atoms with E-state index in [1.807, 2.05) is 0 Å². The van der Waals surface area contributed by atoms with E-state index in [2.05, 4.69) is 14.5 Å². The summed E-state index contributed by atoms with van der Waals surface area (Å²) in [5.74, 6) is -1.48. The number of hydrogen-bond acceptors (Lipinski definition) is 8. The van der Waals surface area contributed by atoms with Crippen molar-refractivity contribution in [1.82, 2.24) is 0 Å². The Morgan fingerprint density at radius 3 is 2.38 bits per heavy atom. The van der Waals surface area contributed by atoms with Gasteiger partial charge in [0.25, 0.3) is 6.29 Å². The number of rotatable bonds is 5. The van der Waals surface area contributed by atoms with Crippen molar-refractivity contribution in [1.29, 1.82) is 0 Å². The third-order valence-electron chi connectivity index (χ3n) is 2.40. The summed E-state index contributed by atoms with van der Waals surface area (Å²) in [4.78, 5) is 33.6. The van der Waals surface area contributed by atoms with Gasteiger partial charge in [-0.3, -0.25) is 9.59 Å². The van der Waals surface area contributed by atoms with Crippen LogP contribution in [0.1, 0.15) is 13.8 Å². The van der Waals surface area contributed by atoms with Crippen molar-refractivity contribution in [3.05, 3.63) is 10.4 Å². The molecule has 0 aliphatic carbocycles. The van der Waals surface area contributed by atoms with Gasteiger partial charge in [0.1, 0.15) is 6.04 Å². The standard InChI is InChI=1S/C9H12N3O8P/c1-4(13)18-7-6(11-12-10)3-17-9(20-21(15)16)8(7)19-5(2)14/h6-9H,3H2,1-2H3/p+1/t6-,7-,8+,9+/m0/s1. The average molecular weight is 322 g/mol. The highest BCUT2D eigenvalue weighted by Gasteiger charge is 2.49. The number of nitrogens with zero attached hydrogens (tertiary/aromatic N) is 3. The number of ether oxygens (including phenoxy) is 3. The monoisotopic (exact) mass is 322 g/mol. The predicted molar refractivity (Wildman–Crippen MR) is 64.7 cm³/mol. The van der Waals surface area contributed by atoms with E-state index in [0.717, 1.165) is 13.8 Å². The van der Waals surface area contributed by atoms with Crippen molar-refractivity contribution in [2.75, 3.05) is 6.61 Å². The summed E-state index contributed by atoms with van der Waals surface area (Å²) in [6, 6.07) is -0.973. The van der Waals surface area contributed by atoms with E-state index in [-0.39, 0.29) is 6.61 Å². The van der Waals surface area contributed by atoms with E-state index in [1.54, 1.807) is 0 Å². The van der Waals surface area contributed by atoms with Crippen LogP contribution in [0.3, 0.4) is 0 Å². The molecule has 0 amide bonds. The lowest BCUT2D eigenvalue weighted by Crippen LogP contribution is -2.55. The van der Waals surface area contributed by atoms with Crippen molar-refractivity contribution in [3.8, 4) is 0 Å². The van der Waals surface area contributed by atoms with Gasteiger partial charge in [-0.15, -0.1) is 4.89 Å². The van der Waals surface area contributed by atoms with Crippen molar-refractivity contribution >= 4 is 20.2 Å². The molecule has 1 aliphatic heterocycles. The van der Waals surface area contributed by atoms with E-state index < -0.39 is 44.7 Å². The first-order chi connectivity index (χ1) is 9.85. The van der Waals surface area contributed by atoms with Gasteiger partial charge in [0.2, 0.25) is 0 Å². The van der Waals surface area contributed by atoms with E-state index in [1.165, 1.54) is 0 Å². The molecular formula is C9H13N3O8P+. The molecule has 12 heteroatoms. The number of hydrogen-bond donors (Lipinski definition) is 1. The lowest BCUT2D eigenvalue weighted by molar-refractivity contribution is -0.234. The zero-order valence-corrected chi connectivity index (χ0v) is 12.0. The van der Waals surface area contributed by atoms with Crippen LogP contribution in [-0.2, 0) is 32.9 Å². The molecule has 0 bridgehead atoms. The van der Waals surface area contributed by atoms with Crippen LogP contribution in [0.15, 0.2) is 5.11 Å². The first-order valence-corrected chi connectivity index (χ1v) is 6.81. The molecule has 1 rings (SSSR count). The summed E-state index contributed by atoms with van der Waals surface area (Å²) in [7, 11) is -3.05. The minimum absolute atomic E-state index is 0.242. The Hall–Kier alpha value is -1.77. The van der Waals surface area contributed by atoms with E-state index in [4.69, 9.17) is 24.6 Å². The Balaban J connectivity index is 3.05. The highest BCUT2D eigenvalue weighted by atomic mass is 31.1. The molecule has 116 valence electrons. The third-order valence-corrected chi connectivity index (χ3v) is 2.79. The van der Waals surface area contributed by atoms with Crippen LogP contribution in [0.25, 0.3) is 10.4 Å². The second-order valence-corrected chi connectivity index (χ2v) is 4.65. The van der Waals surface area contributed by atoms with Gasteiger partial charge in [-0.1, -0.05) is 9.64 Å². The van der Waals surface area contributed by atoms with Crippen LogP contribution in [-0.4, -0.2) is 48.0 Å². The summed E-state index contributed by atoms with van der Waals surface area (Å²) in [5.41, 5.74) is 8.49. The SMILES string of the molecule is CC(=O)O[C@@H]1[C@@H](OC(C)=O)[C@@H](O[P+](=O)O)OC[C@@H]1N=[N+]=[N-]. The largest absolute Gasteiger partial charge is 0.697 e. The second kappa shape index (κ2) is 7.87. The Morgan fingerprint density at radius 1 is 1.33 bits per heavy atom. The fourth-order valence-corrected chi connectivity index (χ4v) is 2.11. The first-order valence-electron chi connectivity index (χ1n) is 5.68. The Kier molecular flexibility index (Phi) is 6.47. The van der Waals surface area contributed by atoms with Crippen LogP contribution >= 0.6 is 8.25 Å². The van der Waals surface area contributed by atoms with Crippen molar-refractivity contribution in [3.63, 3.8) is 0 Å². The lowest BCUT2D eigenvalue weighted by atomic mass is 10.0.